The quantitative estimate of drug-likeness (QED) is 0.735. The summed E-state index contributed by atoms with van der Waals surface area (Å²) in [4.78, 5) is 10.8. The van der Waals surface area contributed by atoms with Crippen molar-refractivity contribution in [3.05, 3.63) is 23.0 Å². The van der Waals surface area contributed by atoms with E-state index in [2.05, 4.69) is 0 Å². The van der Waals surface area contributed by atoms with E-state index in [0.29, 0.717) is 18.8 Å². The Kier molecular flexibility index (Phi) is 2.63. The van der Waals surface area contributed by atoms with Crippen LogP contribution in [0.5, 0.6) is 0 Å². The van der Waals surface area contributed by atoms with Gasteiger partial charge in [0.2, 0.25) is 0 Å². The molecule has 0 bridgehead atoms. The van der Waals surface area contributed by atoms with Gasteiger partial charge < -0.3 is 14.4 Å². The molecular weight excluding hydrogens is 194 g/mol. The summed E-state index contributed by atoms with van der Waals surface area (Å²) < 4.78 is 7.20. The third-order valence-corrected chi connectivity index (χ3v) is 3.00. The first-order chi connectivity index (χ1) is 7.15. The summed E-state index contributed by atoms with van der Waals surface area (Å²) in [6.45, 7) is 4.71. The molecule has 1 fully saturated rings. The number of aryl methyl sites for hydroxylation is 1. The standard InChI is InChI=1S/C11H15NO3/c1-7-3-9(4-13)8(2)12(7)10-5-15-6-11(10)14/h3-4,10-11,14H,5-6H2,1-2H3. The lowest BCUT2D eigenvalue weighted by Gasteiger charge is -2.19. The van der Waals surface area contributed by atoms with Crippen LogP contribution in [0.25, 0.3) is 0 Å². The van der Waals surface area contributed by atoms with Crippen molar-refractivity contribution in [2.24, 2.45) is 0 Å². The van der Waals surface area contributed by atoms with Gasteiger partial charge in [-0.05, 0) is 19.9 Å². The molecule has 82 valence electrons. The SMILES string of the molecule is Cc1cc(C=O)c(C)n1C1COCC1O. The molecule has 2 heterocycles. The molecule has 1 N–H and O–H groups in total. The Hall–Kier alpha value is -1.13. The molecule has 0 aliphatic carbocycles. The minimum atomic E-state index is -0.477. The second kappa shape index (κ2) is 3.79. The van der Waals surface area contributed by atoms with E-state index in [1.807, 2.05) is 24.5 Å². The summed E-state index contributed by atoms with van der Waals surface area (Å²) in [6.07, 6.45) is 0.371. The molecule has 0 radical (unpaired) electrons. The Bertz CT molecular complexity index is 383. The Morgan fingerprint density at radius 2 is 2.27 bits per heavy atom. The first kappa shape index (κ1) is 10.4. The van der Waals surface area contributed by atoms with Crippen molar-refractivity contribution < 1.29 is 14.6 Å². The van der Waals surface area contributed by atoms with Gasteiger partial charge >= 0.3 is 0 Å². The molecule has 15 heavy (non-hydrogen) atoms. The number of aldehydes is 1. The molecule has 0 amide bonds. The third-order valence-electron chi connectivity index (χ3n) is 3.00. The van der Waals surface area contributed by atoms with Crippen molar-refractivity contribution in [3.63, 3.8) is 0 Å². The summed E-state index contributed by atoms with van der Waals surface area (Å²) in [5.74, 6) is 0. The number of carbonyl (C=O) groups is 1. The molecule has 1 aromatic rings. The van der Waals surface area contributed by atoms with Gasteiger partial charge in [-0.2, -0.15) is 0 Å². The first-order valence-corrected chi connectivity index (χ1v) is 5.04. The Labute approximate surface area is 88.5 Å². The summed E-state index contributed by atoms with van der Waals surface area (Å²) in [5.41, 5.74) is 2.58. The predicted octanol–water partition coefficient (Wildman–Crippen LogP) is 0.850. The van der Waals surface area contributed by atoms with E-state index in [9.17, 15) is 9.90 Å². The van der Waals surface area contributed by atoms with Crippen LogP contribution >= 0.6 is 0 Å². The van der Waals surface area contributed by atoms with E-state index in [4.69, 9.17) is 4.74 Å². The molecule has 0 spiro atoms. The third kappa shape index (κ3) is 1.60. The van der Waals surface area contributed by atoms with Gasteiger partial charge in [-0.25, -0.2) is 0 Å². The molecule has 4 nitrogen and oxygen atoms in total. The normalized spacial score (nSPS) is 25.8. The van der Waals surface area contributed by atoms with Gasteiger partial charge in [0.15, 0.2) is 6.29 Å². The number of aliphatic hydroxyl groups excluding tert-OH is 1. The summed E-state index contributed by atoms with van der Waals surface area (Å²) in [6, 6.07) is 1.78. The van der Waals surface area contributed by atoms with E-state index < -0.39 is 6.10 Å². The second-order valence-electron chi connectivity index (χ2n) is 3.99. The topological polar surface area (TPSA) is 51.5 Å². The van der Waals surface area contributed by atoms with Crippen LogP contribution in [0.4, 0.5) is 0 Å². The Morgan fingerprint density at radius 1 is 1.53 bits per heavy atom. The van der Waals surface area contributed by atoms with Crippen molar-refractivity contribution in [2.45, 2.75) is 26.0 Å². The van der Waals surface area contributed by atoms with Gasteiger partial charge in [-0.15, -0.1) is 0 Å². The highest BCUT2D eigenvalue weighted by Crippen LogP contribution is 2.25. The van der Waals surface area contributed by atoms with Crippen LogP contribution in [0.2, 0.25) is 0 Å². The number of hydrogen-bond donors (Lipinski definition) is 1. The fourth-order valence-electron chi connectivity index (χ4n) is 2.21. The average Bonchev–Trinajstić information content (AvgIpc) is 2.71. The predicted molar refractivity (Wildman–Crippen MR) is 55.2 cm³/mol. The lowest BCUT2D eigenvalue weighted by molar-refractivity contribution is 0.112. The van der Waals surface area contributed by atoms with Crippen LogP contribution in [0.1, 0.15) is 27.8 Å². The van der Waals surface area contributed by atoms with Crippen LogP contribution in [0, 0.1) is 13.8 Å². The van der Waals surface area contributed by atoms with Crippen LogP contribution < -0.4 is 0 Å². The molecule has 0 saturated carbocycles. The maximum Gasteiger partial charge on any atom is 0.151 e. The molecule has 1 aromatic heterocycles. The Morgan fingerprint density at radius 3 is 2.73 bits per heavy atom. The van der Waals surface area contributed by atoms with Crippen LogP contribution in [-0.4, -0.2) is 35.3 Å². The number of hydrogen-bond acceptors (Lipinski definition) is 3. The number of rotatable bonds is 2. The van der Waals surface area contributed by atoms with Gasteiger partial charge in [0.1, 0.15) is 6.10 Å². The van der Waals surface area contributed by atoms with Crippen molar-refractivity contribution in [2.75, 3.05) is 13.2 Å². The monoisotopic (exact) mass is 209 g/mol. The number of aliphatic hydroxyl groups is 1. The zero-order valence-corrected chi connectivity index (χ0v) is 8.93. The van der Waals surface area contributed by atoms with E-state index in [0.717, 1.165) is 17.7 Å². The fourth-order valence-corrected chi connectivity index (χ4v) is 2.21. The average molecular weight is 209 g/mol. The van der Waals surface area contributed by atoms with Crippen molar-refractivity contribution in [3.8, 4) is 0 Å². The lowest BCUT2D eigenvalue weighted by Crippen LogP contribution is -2.23. The number of nitrogens with zero attached hydrogens (tertiary/aromatic N) is 1. The van der Waals surface area contributed by atoms with Gasteiger partial charge in [0, 0.05) is 17.0 Å². The van der Waals surface area contributed by atoms with E-state index >= 15 is 0 Å². The second-order valence-corrected chi connectivity index (χ2v) is 3.99. The van der Waals surface area contributed by atoms with E-state index in [1.165, 1.54) is 0 Å². The molecule has 1 saturated heterocycles. The Balaban J connectivity index is 2.42. The van der Waals surface area contributed by atoms with E-state index in [-0.39, 0.29) is 6.04 Å². The van der Waals surface area contributed by atoms with Gasteiger partial charge in [-0.3, -0.25) is 4.79 Å². The summed E-state index contributed by atoms with van der Waals surface area (Å²) in [7, 11) is 0. The van der Waals surface area contributed by atoms with Crippen molar-refractivity contribution in [1.82, 2.24) is 4.57 Å². The van der Waals surface area contributed by atoms with Crippen molar-refractivity contribution in [1.29, 1.82) is 0 Å². The van der Waals surface area contributed by atoms with E-state index in [1.54, 1.807) is 0 Å². The largest absolute Gasteiger partial charge is 0.388 e. The lowest BCUT2D eigenvalue weighted by atomic mass is 10.2. The molecule has 0 aromatic carbocycles. The van der Waals surface area contributed by atoms with Gasteiger partial charge in [-0.1, -0.05) is 0 Å². The maximum atomic E-state index is 10.8. The smallest absolute Gasteiger partial charge is 0.151 e. The van der Waals surface area contributed by atoms with Crippen LogP contribution in [-0.2, 0) is 4.74 Å². The highest BCUT2D eigenvalue weighted by molar-refractivity contribution is 5.77. The minimum absolute atomic E-state index is 0.0568. The molecular formula is C11H15NO3. The summed E-state index contributed by atoms with van der Waals surface area (Å²) in [5, 5.41) is 9.74. The zero-order chi connectivity index (χ0) is 11.0. The molecule has 2 unspecified atom stereocenters. The number of ether oxygens (including phenoxy) is 1. The van der Waals surface area contributed by atoms with Gasteiger partial charge in [0.05, 0.1) is 19.3 Å². The number of aromatic nitrogens is 1. The zero-order valence-electron chi connectivity index (χ0n) is 8.93. The van der Waals surface area contributed by atoms with Crippen molar-refractivity contribution >= 4 is 6.29 Å². The highest BCUT2D eigenvalue weighted by Gasteiger charge is 2.29. The number of carbonyl (C=O) groups excluding carboxylic acids is 1. The fraction of sp³-hybridized carbons (Fsp3) is 0.545. The highest BCUT2D eigenvalue weighted by atomic mass is 16.5. The van der Waals surface area contributed by atoms with Crippen LogP contribution in [0.15, 0.2) is 6.07 Å². The van der Waals surface area contributed by atoms with Crippen LogP contribution in [0.3, 0.4) is 0 Å². The minimum Gasteiger partial charge on any atom is -0.388 e. The molecule has 2 rings (SSSR count). The maximum absolute atomic E-state index is 10.8. The molecule has 2 atom stereocenters. The van der Waals surface area contributed by atoms with Gasteiger partial charge in [0.25, 0.3) is 0 Å². The first-order valence-electron chi connectivity index (χ1n) is 5.04. The molecule has 1 aliphatic heterocycles. The molecule has 1 aliphatic rings. The summed E-state index contributed by atoms with van der Waals surface area (Å²) >= 11 is 0. The molecule has 4 heteroatoms.